The van der Waals surface area contributed by atoms with Crippen LogP contribution in [0.25, 0.3) is 0 Å². The monoisotopic (exact) mass is 337 g/mol. The Kier molecular flexibility index (Phi) is 6.04. The van der Waals surface area contributed by atoms with Gasteiger partial charge in [-0.25, -0.2) is 9.97 Å². The van der Waals surface area contributed by atoms with Gasteiger partial charge < -0.3 is 25.4 Å². The Labute approximate surface area is 140 Å². The first-order valence-corrected chi connectivity index (χ1v) is 7.68. The van der Waals surface area contributed by atoms with Gasteiger partial charge in [-0.05, 0) is 13.3 Å². The van der Waals surface area contributed by atoms with Crippen molar-refractivity contribution in [2.75, 3.05) is 39.6 Å². The molecule has 0 saturated carbocycles. The summed E-state index contributed by atoms with van der Waals surface area (Å²) < 4.78 is 11.1. The highest BCUT2D eigenvalue weighted by Gasteiger charge is 2.29. The van der Waals surface area contributed by atoms with E-state index in [9.17, 15) is 9.59 Å². The van der Waals surface area contributed by atoms with Crippen LogP contribution in [0.5, 0.6) is 0 Å². The summed E-state index contributed by atoms with van der Waals surface area (Å²) in [6.45, 7) is 2.50. The van der Waals surface area contributed by atoms with Crippen LogP contribution in [0.4, 0.5) is 5.95 Å². The third-order valence-electron chi connectivity index (χ3n) is 3.77. The zero-order chi connectivity index (χ0) is 17.7. The second kappa shape index (κ2) is 8.02. The van der Waals surface area contributed by atoms with Gasteiger partial charge in [0.2, 0.25) is 11.9 Å². The molecule has 0 unspecified atom stereocenters. The summed E-state index contributed by atoms with van der Waals surface area (Å²) >= 11 is 0. The maximum Gasteiger partial charge on any atom is 0.255 e. The quantitative estimate of drug-likeness (QED) is 0.733. The van der Waals surface area contributed by atoms with Gasteiger partial charge >= 0.3 is 0 Å². The maximum atomic E-state index is 12.4. The van der Waals surface area contributed by atoms with Crippen LogP contribution in [0, 0.1) is 6.92 Å². The summed E-state index contributed by atoms with van der Waals surface area (Å²) in [5.74, 6) is -0.335. The smallest absolute Gasteiger partial charge is 0.255 e. The Balaban J connectivity index is 1.99. The van der Waals surface area contributed by atoms with E-state index in [0.717, 1.165) is 0 Å². The third-order valence-corrected chi connectivity index (χ3v) is 3.77. The molecule has 2 atom stereocenters. The lowest BCUT2D eigenvalue weighted by Crippen LogP contribution is -2.51. The lowest BCUT2D eigenvalue weighted by Gasteiger charge is -2.32. The SMILES string of the molecule is Cc1nc(N)ncc1C(=O)N[C@@H]1COCC[C@@H]1OCC(=O)N(C)C. The zero-order valence-corrected chi connectivity index (χ0v) is 14.1. The predicted octanol–water partition coefficient (Wildman–Crippen LogP) is -0.641. The van der Waals surface area contributed by atoms with E-state index in [0.29, 0.717) is 30.9 Å². The molecule has 0 aromatic carbocycles. The summed E-state index contributed by atoms with van der Waals surface area (Å²) in [5, 5.41) is 2.86. The van der Waals surface area contributed by atoms with Crippen LogP contribution < -0.4 is 11.1 Å². The lowest BCUT2D eigenvalue weighted by atomic mass is 10.1. The molecule has 1 aliphatic heterocycles. The van der Waals surface area contributed by atoms with Crippen molar-refractivity contribution in [1.29, 1.82) is 0 Å². The zero-order valence-electron chi connectivity index (χ0n) is 14.1. The third kappa shape index (κ3) is 4.62. The average molecular weight is 337 g/mol. The van der Waals surface area contributed by atoms with Crippen LogP contribution in [0.3, 0.4) is 0 Å². The molecule has 9 heteroatoms. The van der Waals surface area contributed by atoms with Crippen molar-refractivity contribution in [3.8, 4) is 0 Å². The van der Waals surface area contributed by atoms with Crippen molar-refractivity contribution in [3.05, 3.63) is 17.5 Å². The van der Waals surface area contributed by atoms with Crippen molar-refractivity contribution in [3.63, 3.8) is 0 Å². The standard InChI is InChI=1S/C15H23N5O4/c1-9-10(6-17-15(16)18-9)14(22)19-11-7-23-5-4-12(11)24-8-13(21)20(2)3/h6,11-12H,4-5,7-8H2,1-3H3,(H,19,22)(H2,16,17,18)/t11-,12+/m1/s1. The number of carbonyl (C=O) groups excluding carboxylic acids is 2. The molecule has 1 aliphatic rings. The molecule has 3 N–H and O–H groups in total. The van der Waals surface area contributed by atoms with Gasteiger partial charge in [0.25, 0.3) is 5.91 Å². The van der Waals surface area contributed by atoms with E-state index in [1.165, 1.54) is 11.1 Å². The Morgan fingerprint density at radius 1 is 1.50 bits per heavy atom. The van der Waals surface area contributed by atoms with Gasteiger partial charge in [-0.15, -0.1) is 0 Å². The summed E-state index contributed by atoms with van der Waals surface area (Å²) in [4.78, 5) is 33.4. The summed E-state index contributed by atoms with van der Waals surface area (Å²) in [6.07, 6.45) is 1.70. The number of nitrogens with two attached hydrogens (primary N) is 1. The van der Waals surface area contributed by atoms with Crippen molar-refractivity contribution >= 4 is 17.8 Å². The second-order valence-corrected chi connectivity index (χ2v) is 5.81. The molecular formula is C15H23N5O4. The molecule has 1 saturated heterocycles. The van der Waals surface area contributed by atoms with Crippen LogP contribution >= 0.6 is 0 Å². The first-order chi connectivity index (χ1) is 11.4. The fourth-order valence-corrected chi connectivity index (χ4v) is 2.31. The molecule has 2 heterocycles. The molecule has 2 amide bonds. The van der Waals surface area contributed by atoms with Crippen molar-refractivity contribution in [2.24, 2.45) is 0 Å². The molecule has 1 aromatic heterocycles. The van der Waals surface area contributed by atoms with Crippen LogP contribution in [-0.2, 0) is 14.3 Å². The fraction of sp³-hybridized carbons (Fsp3) is 0.600. The largest absolute Gasteiger partial charge is 0.379 e. The average Bonchev–Trinajstić information content (AvgIpc) is 2.53. The molecule has 0 spiro atoms. The highest BCUT2D eigenvalue weighted by molar-refractivity contribution is 5.95. The molecule has 1 fully saturated rings. The Hall–Kier alpha value is -2.26. The Morgan fingerprint density at radius 3 is 2.92 bits per heavy atom. The molecule has 1 aromatic rings. The number of nitrogens with zero attached hydrogens (tertiary/aromatic N) is 3. The normalized spacial score (nSPS) is 20.5. The fourth-order valence-electron chi connectivity index (χ4n) is 2.31. The minimum atomic E-state index is -0.349. The van der Waals surface area contributed by atoms with E-state index in [4.69, 9.17) is 15.2 Å². The minimum absolute atomic E-state index is 0.0337. The van der Waals surface area contributed by atoms with E-state index in [2.05, 4.69) is 15.3 Å². The number of amides is 2. The van der Waals surface area contributed by atoms with Crippen LogP contribution in [-0.4, -0.2) is 72.7 Å². The Morgan fingerprint density at radius 2 is 2.25 bits per heavy atom. The van der Waals surface area contributed by atoms with Crippen LogP contribution in [0.2, 0.25) is 0 Å². The van der Waals surface area contributed by atoms with E-state index in [-0.39, 0.29) is 36.5 Å². The van der Waals surface area contributed by atoms with Gasteiger partial charge in [-0.2, -0.15) is 0 Å². The molecule has 132 valence electrons. The Bertz CT molecular complexity index is 608. The highest BCUT2D eigenvalue weighted by Crippen LogP contribution is 2.14. The predicted molar refractivity (Wildman–Crippen MR) is 86.3 cm³/mol. The van der Waals surface area contributed by atoms with Gasteiger partial charge in [0.05, 0.1) is 30.0 Å². The van der Waals surface area contributed by atoms with Gasteiger partial charge in [0.15, 0.2) is 0 Å². The molecule has 9 nitrogen and oxygen atoms in total. The van der Waals surface area contributed by atoms with Gasteiger partial charge in [-0.1, -0.05) is 0 Å². The van der Waals surface area contributed by atoms with Crippen LogP contribution in [0.15, 0.2) is 6.20 Å². The van der Waals surface area contributed by atoms with Gasteiger partial charge in [-0.3, -0.25) is 9.59 Å². The number of aromatic nitrogens is 2. The molecular weight excluding hydrogens is 314 g/mol. The van der Waals surface area contributed by atoms with E-state index >= 15 is 0 Å². The number of likely N-dealkylation sites (N-methyl/N-ethyl adjacent to an activating group) is 1. The van der Waals surface area contributed by atoms with Crippen molar-refractivity contribution in [1.82, 2.24) is 20.2 Å². The number of aryl methyl sites for hydroxylation is 1. The van der Waals surface area contributed by atoms with Gasteiger partial charge in [0, 0.05) is 26.9 Å². The van der Waals surface area contributed by atoms with Crippen molar-refractivity contribution in [2.45, 2.75) is 25.5 Å². The van der Waals surface area contributed by atoms with Crippen molar-refractivity contribution < 1.29 is 19.1 Å². The highest BCUT2D eigenvalue weighted by atomic mass is 16.5. The second-order valence-electron chi connectivity index (χ2n) is 5.81. The molecule has 0 radical (unpaired) electrons. The number of nitrogen functional groups attached to an aromatic ring is 1. The number of rotatable bonds is 5. The topological polar surface area (TPSA) is 120 Å². The van der Waals surface area contributed by atoms with E-state index in [1.807, 2.05) is 0 Å². The first-order valence-electron chi connectivity index (χ1n) is 7.68. The lowest BCUT2D eigenvalue weighted by molar-refractivity contribution is -0.138. The van der Waals surface area contributed by atoms with Gasteiger partial charge in [0.1, 0.15) is 6.61 Å². The van der Waals surface area contributed by atoms with E-state index < -0.39 is 0 Å². The minimum Gasteiger partial charge on any atom is -0.379 e. The number of hydrogen-bond donors (Lipinski definition) is 2. The summed E-state index contributed by atoms with van der Waals surface area (Å²) in [5.41, 5.74) is 6.34. The maximum absolute atomic E-state index is 12.4. The van der Waals surface area contributed by atoms with E-state index in [1.54, 1.807) is 21.0 Å². The molecule has 0 aliphatic carbocycles. The molecule has 24 heavy (non-hydrogen) atoms. The number of nitrogens with one attached hydrogen (secondary N) is 1. The number of ether oxygens (including phenoxy) is 2. The number of anilines is 1. The first kappa shape index (κ1) is 18.1. The summed E-state index contributed by atoms with van der Waals surface area (Å²) in [6, 6.07) is -0.349. The summed E-state index contributed by atoms with van der Waals surface area (Å²) in [7, 11) is 3.33. The number of carbonyl (C=O) groups is 2. The van der Waals surface area contributed by atoms with Crippen LogP contribution in [0.1, 0.15) is 22.5 Å². The molecule has 0 bridgehead atoms. The number of hydrogen-bond acceptors (Lipinski definition) is 7. The molecule has 2 rings (SSSR count).